The van der Waals surface area contributed by atoms with E-state index in [1.807, 2.05) is 24.3 Å². The number of aromatic nitrogens is 1. The summed E-state index contributed by atoms with van der Waals surface area (Å²) in [5.74, 6) is -0.277. The lowest BCUT2D eigenvalue weighted by Crippen LogP contribution is -2.28. The predicted octanol–water partition coefficient (Wildman–Crippen LogP) is 0.982. The number of anilines is 1. The van der Waals surface area contributed by atoms with Crippen molar-refractivity contribution >= 4 is 17.5 Å². The summed E-state index contributed by atoms with van der Waals surface area (Å²) in [6, 6.07) is 9.35. The zero-order valence-corrected chi connectivity index (χ0v) is 17.4. The Labute approximate surface area is 181 Å². The van der Waals surface area contributed by atoms with Gasteiger partial charge in [-0.05, 0) is 34.9 Å². The molecule has 9 nitrogen and oxygen atoms in total. The van der Waals surface area contributed by atoms with E-state index in [-0.39, 0.29) is 11.8 Å². The van der Waals surface area contributed by atoms with E-state index < -0.39 is 0 Å². The molecule has 0 atom stereocenters. The number of rotatable bonds is 13. The third-order valence-electron chi connectivity index (χ3n) is 4.60. The number of carbonyl (C=O) groups excluding carboxylic acids is 2. The van der Waals surface area contributed by atoms with Crippen molar-refractivity contribution < 1.29 is 23.8 Å². The van der Waals surface area contributed by atoms with E-state index in [4.69, 9.17) is 19.9 Å². The normalized spacial score (nSPS) is 12.5. The minimum Gasteiger partial charge on any atom is -0.378 e. The molecular formula is C22H28N4O5. The smallest absolute Gasteiger partial charge is 0.269 e. The highest BCUT2D eigenvalue weighted by molar-refractivity contribution is 6.00. The van der Waals surface area contributed by atoms with Gasteiger partial charge in [-0.2, -0.15) is 0 Å². The van der Waals surface area contributed by atoms with Crippen LogP contribution in [0.3, 0.4) is 0 Å². The molecule has 0 aliphatic carbocycles. The van der Waals surface area contributed by atoms with Gasteiger partial charge < -0.3 is 30.6 Å². The number of pyridine rings is 1. The van der Waals surface area contributed by atoms with Crippen molar-refractivity contribution in [2.45, 2.75) is 6.42 Å². The predicted molar refractivity (Wildman–Crippen MR) is 116 cm³/mol. The fourth-order valence-corrected chi connectivity index (χ4v) is 3.08. The van der Waals surface area contributed by atoms with Gasteiger partial charge in [-0.1, -0.05) is 12.1 Å². The van der Waals surface area contributed by atoms with Crippen LogP contribution in [0.4, 0.5) is 5.69 Å². The first kappa shape index (κ1) is 22.8. The molecule has 1 aromatic carbocycles. The molecule has 0 spiro atoms. The summed E-state index contributed by atoms with van der Waals surface area (Å²) in [6.45, 7) is 3.70. The highest BCUT2D eigenvalue weighted by Crippen LogP contribution is 2.29. The highest BCUT2D eigenvalue weighted by Gasteiger charge is 2.18. The van der Waals surface area contributed by atoms with E-state index in [0.717, 1.165) is 22.4 Å². The van der Waals surface area contributed by atoms with Crippen LogP contribution < -0.4 is 16.4 Å². The van der Waals surface area contributed by atoms with Gasteiger partial charge in [0.25, 0.3) is 5.91 Å². The Morgan fingerprint density at radius 3 is 2.48 bits per heavy atom. The molecule has 1 aliphatic rings. The van der Waals surface area contributed by atoms with Gasteiger partial charge in [0.15, 0.2) is 0 Å². The molecule has 0 bridgehead atoms. The van der Waals surface area contributed by atoms with E-state index in [9.17, 15) is 9.59 Å². The van der Waals surface area contributed by atoms with Gasteiger partial charge in [0.2, 0.25) is 5.91 Å². The average Bonchev–Trinajstić information content (AvgIpc) is 3.16. The second-order valence-electron chi connectivity index (χ2n) is 6.91. The summed E-state index contributed by atoms with van der Waals surface area (Å²) >= 11 is 0. The van der Waals surface area contributed by atoms with Crippen molar-refractivity contribution in [2.24, 2.45) is 5.73 Å². The van der Waals surface area contributed by atoms with E-state index >= 15 is 0 Å². The van der Waals surface area contributed by atoms with Crippen LogP contribution in [0.2, 0.25) is 0 Å². The minimum atomic E-state index is -0.270. The maximum Gasteiger partial charge on any atom is 0.269 e. The lowest BCUT2D eigenvalue weighted by Gasteiger charge is -2.09. The van der Waals surface area contributed by atoms with Crippen molar-refractivity contribution in [3.8, 4) is 11.1 Å². The van der Waals surface area contributed by atoms with E-state index in [2.05, 4.69) is 15.6 Å². The first-order valence-electron chi connectivity index (χ1n) is 10.3. The molecule has 9 heteroatoms. The van der Waals surface area contributed by atoms with Crippen LogP contribution in [-0.2, 0) is 25.4 Å². The fourth-order valence-electron chi connectivity index (χ4n) is 3.08. The number of nitrogens with zero attached hydrogens (tertiary/aromatic N) is 1. The second kappa shape index (κ2) is 12.1. The molecule has 2 aromatic rings. The summed E-state index contributed by atoms with van der Waals surface area (Å²) in [7, 11) is 0. The van der Waals surface area contributed by atoms with Crippen LogP contribution in [-0.4, -0.2) is 69.5 Å². The third kappa shape index (κ3) is 7.11. The molecule has 3 rings (SSSR count). The minimum absolute atomic E-state index is 0.00717. The first-order chi connectivity index (χ1) is 15.2. The standard InChI is InChI=1S/C22H28N4O5/c23-4-7-29-9-11-31-12-10-30-8-6-25-22(28)20-14-17(3-5-24-20)16-1-2-18-15-21(27)26-19(18)13-16/h1-3,5,13-14H,4,6-12,15,23H2,(H,25,28)(H,26,27). The lowest BCUT2D eigenvalue weighted by molar-refractivity contribution is -0.115. The van der Waals surface area contributed by atoms with Crippen LogP contribution in [0.15, 0.2) is 36.5 Å². The first-order valence-corrected chi connectivity index (χ1v) is 10.3. The number of hydrogen-bond acceptors (Lipinski definition) is 7. The number of nitrogens with one attached hydrogen (secondary N) is 2. The van der Waals surface area contributed by atoms with Crippen LogP contribution in [0.1, 0.15) is 16.1 Å². The van der Waals surface area contributed by atoms with E-state index in [0.29, 0.717) is 64.8 Å². The quantitative estimate of drug-likeness (QED) is 0.406. The topological polar surface area (TPSA) is 125 Å². The monoisotopic (exact) mass is 428 g/mol. The summed E-state index contributed by atoms with van der Waals surface area (Å²) in [5.41, 5.74) is 9.20. The molecule has 1 aliphatic heterocycles. The molecule has 0 unspecified atom stereocenters. The maximum absolute atomic E-state index is 12.4. The largest absolute Gasteiger partial charge is 0.378 e. The Bertz CT molecular complexity index is 890. The molecule has 0 radical (unpaired) electrons. The zero-order chi connectivity index (χ0) is 21.9. The maximum atomic E-state index is 12.4. The number of amides is 2. The number of fused-ring (bicyclic) bond motifs is 1. The lowest BCUT2D eigenvalue weighted by atomic mass is 10.0. The van der Waals surface area contributed by atoms with Gasteiger partial charge in [-0.3, -0.25) is 14.6 Å². The molecule has 0 saturated heterocycles. The molecule has 2 heterocycles. The number of hydrogen-bond donors (Lipinski definition) is 3. The van der Waals surface area contributed by atoms with Crippen molar-refractivity contribution in [2.75, 3.05) is 58.0 Å². The van der Waals surface area contributed by atoms with Gasteiger partial charge in [-0.15, -0.1) is 0 Å². The summed E-state index contributed by atoms with van der Waals surface area (Å²) < 4.78 is 16.0. The molecule has 2 amide bonds. The van der Waals surface area contributed by atoms with E-state index in [1.54, 1.807) is 12.3 Å². The SMILES string of the molecule is NCCOCCOCCOCCNC(=O)c1cc(-c2ccc3c(c2)NC(=O)C3)ccn1. The number of ether oxygens (including phenoxy) is 3. The molecule has 1 aromatic heterocycles. The second-order valence-corrected chi connectivity index (χ2v) is 6.91. The molecule has 166 valence electrons. The molecule has 31 heavy (non-hydrogen) atoms. The zero-order valence-electron chi connectivity index (χ0n) is 17.4. The van der Waals surface area contributed by atoms with Gasteiger partial charge in [0, 0.05) is 25.0 Å². The average molecular weight is 428 g/mol. The van der Waals surface area contributed by atoms with Gasteiger partial charge >= 0.3 is 0 Å². The number of benzene rings is 1. The third-order valence-corrected chi connectivity index (χ3v) is 4.60. The van der Waals surface area contributed by atoms with Gasteiger partial charge in [0.1, 0.15) is 5.69 Å². The van der Waals surface area contributed by atoms with Crippen LogP contribution in [0, 0.1) is 0 Å². The van der Waals surface area contributed by atoms with Crippen LogP contribution in [0.25, 0.3) is 11.1 Å². The van der Waals surface area contributed by atoms with Crippen LogP contribution >= 0.6 is 0 Å². The Kier molecular flexibility index (Phi) is 8.92. The molecule has 4 N–H and O–H groups in total. The van der Waals surface area contributed by atoms with Crippen LogP contribution in [0.5, 0.6) is 0 Å². The van der Waals surface area contributed by atoms with Crippen molar-refractivity contribution in [1.82, 2.24) is 10.3 Å². The molecule has 0 saturated carbocycles. The van der Waals surface area contributed by atoms with Gasteiger partial charge in [-0.25, -0.2) is 0 Å². The molecular weight excluding hydrogens is 400 g/mol. The number of carbonyl (C=O) groups is 2. The highest BCUT2D eigenvalue weighted by atomic mass is 16.5. The van der Waals surface area contributed by atoms with Gasteiger partial charge in [0.05, 0.1) is 46.1 Å². The Morgan fingerprint density at radius 1 is 1.00 bits per heavy atom. The van der Waals surface area contributed by atoms with E-state index in [1.165, 1.54) is 0 Å². The Morgan fingerprint density at radius 2 is 1.71 bits per heavy atom. The Hall–Kier alpha value is -2.85. The fraction of sp³-hybridized carbons (Fsp3) is 0.409. The summed E-state index contributed by atoms with van der Waals surface area (Å²) in [4.78, 5) is 28.1. The molecule has 0 fully saturated rings. The Balaban J connectivity index is 1.38. The number of nitrogens with two attached hydrogens (primary N) is 1. The van der Waals surface area contributed by atoms with Crippen molar-refractivity contribution in [1.29, 1.82) is 0 Å². The summed E-state index contributed by atoms with van der Waals surface area (Å²) in [6.07, 6.45) is 2.00. The van der Waals surface area contributed by atoms with Crippen molar-refractivity contribution in [3.63, 3.8) is 0 Å². The summed E-state index contributed by atoms with van der Waals surface area (Å²) in [5, 5.41) is 5.64. The van der Waals surface area contributed by atoms with Crippen molar-refractivity contribution in [3.05, 3.63) is 47.8 Å².